The molecule has 2 fully saturated rings. The van der Waals surface area contributed by atoms with E-state index in [-0.39, 0.29) is 11.3 Å². The Morgan fingerprint density at radius 2 is 2.00 bits per heavy atom. The first kappa shape index (κ1) is 15.8. The van der Waals surface area contributed by atoms with Crippen molar-refractivity contribution in [3.05, 3.63) is 0 Å². The molecule has 4 nitrogen and oxygen atoms in total. The second-order valence-corrected chi connectivity index (χ2v) is 6.95. The summed E-state index contributed by atoms with van der Waals surface area (Å²) in [4.78, 5) is 15.1. The highest BCUT2D eigenvalue weighted by molar-refractivity contribution is 5.82. The van der Waals surface area contributed by atoms with Gasteiger partial charge in [0.15, 0.2) is 0 Å². The van der Waals surface area contributed by atoms with Crippen LogP contribution >= 0.6 is 0 Å². The molecule has 2 rings (SSSR count). The summed E-state index contributed by atoms with van der Waals surface area (Å²) in [5.41, 5.74) is -0.255. The van der Waals surface area contributed by atoms with Crippen molar-refractivity contribution in [3.63, 3.8) is 0 Å². The van der Waals surface area contributed by atoms with Crippen LogP contribution in [0.15, 0.2) is 0 Å². The predicted octanol–water partition coefficient (Wildman–Crippen LogP) is 1.61. The van der Waals surface area contributed by atoms with E-state index < -0.39 is 0 Å². The average molecular weight is 281 g/mol. The monoisotopic (exact) mass is 281 g/mol. The zero-order valence-electron chi connectivity index (χ0n) is 13.4. The second kappa shape index (κ2) is 6.90. The van der Waals surface area contributed by atoms with Gasteiger partial charge in [-0.2, -0.15) is 0 Å². The van der Waals surface area contributed by atoms with Crippen LogP contribution in [0.4, 0.5) is 0 Å². The maximum Gasteiger partial charge on any atom is 0.226 e. The van der Waals surface area contributed by atoms with Gasteiger partial charge >= 0.3 is 0 Å². The van der Waals surface area contributed by atoms with E-state index in [9.17, 15) is 4.79 Å². The lowest BCUT2D eigenvalue weighted by Gasteiger charge is -2.38. The maximum absolute atomic E-state index is 12.6. The van der Waals surface area contributed by atoms with E-state index in [1.165, 1.54) is 12.8 Å². The van der Waals surface area contributed by atoms with E-state index in [2.05, 4.69) is 36.3 Å². The van der Waals surface area contributed by atoms with Gasteiger partial charge in [0.25, 0.3) is 0 Å². The topological polar surface area (TPSA) is 44.4 Å². The normalized spacial score (nSPS) is 26.4. The van der Waals surface area contributed by atoms with Crippen LogP contribution in [0, 0.1) is 11.3 Å². The third-order valence-corrected chi connectivity index (χ3v) is 5.27. The number of nitrogens with zero attached hydrogens (tertiary/aromatic N) is 1. The molecule has 1 unspecified atom stereocenters. The number of carbonyl (C=O) groups excluding carboxylic acids is 1. The fraction of sp³-hybridized carbons (Fsp3) is 0.938. The number of hydrogen-bond donors (Lipinski definition) is 2. The molecule has 2 N–H and O–H groups in total. The summed E-state index contributed by atoms with van der Waals surface area (Å²) >= 11 is 0. The van der Waals surface area contributed by atoms with Crippen molar-refractivity contribution in [1.82, 2.24) is 15.5 Å². The Bertz CT molecular complexity index is 316. The minimum absolute atomic E-state index is 0.251. The molecule has 20 heavy (non-hydrogen) atoms. The molecule has 0 spiro atoms. The minimum Gasteiger partial charge on any atom is -0.353 e. The van der Waals surface area contributed by atoms with Crippen molar-refractivity contribution in [2.45, 2.75) is 52.5 Å². The van der Waals surface area contributed by atoms with E-state index in [1.54, 1.807) is 0 Å². The summed E-state index contributed by atoms with van der Waals surface area (Å²) in [6, 6.07) is 0.376. The summed E-state index contributed by atoms with van der Waals surface area (Å²) < 4.78 is 0. The molecular weight excluding hydrogens is 250 g/mol. The van der Waals surface area contributed by atoms with Crippen LogP contribution < -0.4 is 10.6 Å². The number of piperidine rings is 2. The largest absolute Gasteiger partial charge is 0.353 e. The quantitative estimate of drug-likeness (QED) is 0.823. The Balaban J connectivity index is 1.84. The van der Waals surface area contributed by atoms with Crippen LogP contribution in [0.3, 0.4) is 0 Å². The van der Waals surface area contributed by atoms with Crippen molar-refractivity contribution >= 4 is 5.91 Å². The Labute approximate surface area is 123 Å². The Kier molecular flexibility index (Phi) is 5.44. The van der Waals surface area contributed by atoms with Gasteiger partial charge in [-0.3, -0.25) is 4.79 Å². The highest BCUT2D eigenvalue weighted by Crippen LogP contribution is 2.32. The first-order valence-corrected chi connectivity index (χ1v) is 8.28. The SMILES string of the molecule is CCN1CCC(NC(=O)C(C)(C)C2CCCNC2)CC1. The molecule has 0 radical (unpaired) electrons. The van der Waals surface area contributed by atoms with E-state index in [0.717, 1.165) is 45.6 Å². The van der Waals surface area contributed by atoms with Crippen molar-refractivity contribution in [3.8, 4) is 0 Å². The molecule has 0 aliphatic carbocycles. The molecule has 4 heteroatoms. The summed E-state index contributed by atoms with van der Waals surface area (Å²) in [6.07, 6.45) is 4.55. The number of amides is 1. The molecule has 2 aliphatic rings. The molecule has 0 saturated carbocycles. The minimum atomic E-state index is -0.255. The van der Waals surface area contributed by atoms with Crippen molar-refractivity contribution in [2.24, 2.45) is 11.3 Å². The first-order valence-electron chi connectivity index (χ1n) is 8.28. The molecule has 2 aliphatic heterocycles. The number of rotatable bonds is 4. The van der Waals surface area contributed by atoms with Gasteiger partial charge in [0.2, 0.25) is 5.91 Å². The maximum atomic E-state index is 12.6. The molecule has 0 bridgehead atoms. The Hall–Kier alpha value is -0.610. The van der Waals surface area contributed by atoms with Crippen molar-refractivity contribution in [2.75, 3.05) is 32.7 Å². The summed E-state index contributed by atoms with van der Waals surface area (Å²) in [6.45, 7) is 11.9. The van der Waals surface area contributed by atoms with E-state index in [4.69, 9.17) is 0 Å². The zero-order valence-corrected chi connectivity index (χ0v) is 13.4. The average Bonchev–Trinajstić information content (AvgIpc) is 2.49. The van der Waals surface area contributed by atoms with Gasteiger partial charge in [0.1, 0.15) is 0 Å². The molecular formula is C16H31N3O. The summed E-state index contributed by atoms with van der Waals surface area (Å²) in [5.74, 6) is 0.716. The highest BCUT2D eigenvalue weighted by atomic mass is 16.2. The first-order chi connectivity index (χ1) is 9.54. The summed E-state index contributed by atoms with van der Waals surface area (Å²) in [5, 5.41) is 6.73. The van der Waals surface area contributed by atoms with Crippen LogP contribution in [0.5, 0.6) is 0 Å². The molecule has 2 heterocycles. The number of likely N-dealkylation sites (tertiary alicyclic amines) is 1. The molecule has 2 saturated heterocycles. The van der Waals surface area contributed by atoms with Crippen molar-refractivity contribution in [1.29, 1.82) is 0 Å². The Morgan fingerprint density at radius 1 is 1.30 bits per heavy atom. The molecule has 116 valence electrons. The fourth-order valence-corrected chi connectivity index (χ4v) is 3.42. The molecule has 1 amide bonds. The standard InChI is InChI=1S/C16H31N3O/c1-4-19-10-7-14(8-11-19)18-15(20)16(2,3)13-6-5-9-17-12-13/h13-14,17H,4-12H2,1-3H3,(H,18,20). The lowest BCUT2D eigenvalue weighted by Crippen LogP contribution is -2.52. The van der Waals surface area contributed by atoms with Crippen LogP contribution in [0.25, 0.3) is 0 Å². The van der Waals surface area contributed by atoms with Gasteiger partial charge in [-0.05, 0) is 51.2 Å². The molecule has 1 atom stereocenters. The molecule has 0 aromatic rings. The van der Waals surface area contributed by atoms with E-state index in [1.807, 2.05) is 0 Å². The van der Waals surface area contributed by atoms with Crippen LogP contribution in [0.1, 0.15) is 46.5 Å². The number of hydrogen-bond acceptors (Lipinski definition) is 3. The third kappa shape index (κ3) is 3.73. The molecule has 0 aromatic heterocycles. The van der Waals surface area contributed by atoms with Crippen LogP contribution in [-0.4, -0.2) is 49.6 Å². The number of carbonyl (C=O) groups is 1. The lowest BCUT2D eigenvalue weighted by atomic mass is 9.74. The van der Waals surface area contributed by atoms with Gasteiger partial charge < -0.3 is 15.5 Å². The Morgan fingerprint density at radius 3 is 2.55 bits per heavy atom. The zero-order chi connectivity index (χ0) is 14.6. The van der Waals surface area contributed by atoms with Gasteiger partial charge in [-0.15, -0.1) is 0 Å². The fourth-order valence-electron chi connectivity index (χ4n) is 3.42. The van der Waals surface area contributed by atoms with Crippen LogP contribution in [0.2, 0.25) is 0 Å². The van der Waals surface area contributed by atoms with Gasteiger partial charge in [-0.25, -0.2) is 0 Å². The van der Waals surface area contributed by atoms with Gasteiger partial charge in [-0.1, -0.05) is 20.8 Å². The predicted molar refractivity (Wildman–Crippen MR) is 82.7 cm³/mol. The summed E-state index contributed by atoms with van der Waals surface area (Å²) in [7, 11) is 0. The van der Waals surface area contributed by atoms with Crippen LogP contribution in [-0.2, 0) is 4.79 Å². The van der Waals surface area contributed by atoms with E-state index >= 15 is 0 Å². The molecule has 0 aromatic carbocycles. The smallest absolute Gasteiger partial charge is 0.226 e. The number of nitrogens with one attached hydrogen (secondary N) is 2. The lowest BCUT2D eigenvalue weighted by molar-refractivity contribution is -0.133. The second-order valence-electron chi connectivity index (χ2n) is 6.95. The van der Waals surface area contributed by atoms with E-state index in [0.29, 0.717) is 12.0 Å². The van der Waals surface area contributed by atoms with Gasteiger partial charge in [0.05, 0.1) is 0 Å². The van der Waals surface area contributed by atoms with Crippen molar-refractivity contribution < 1.29 is 4.79 Å². The van der Waals surface area contributed by atoms with Gasteiger partial charge in [0, 0.05) is 24.5 Å². The highest BCUT2D eigenvalue weighted by Gasteiger charge is 2.38. The third-order valence-electron chi connectivity index (χ3n) is 5.27.